The van der Waals surface area contributed by atoms with Crippen molar-refractivity contribution in [1.82, 2.24) is 14.5 Å². The molecule has 3 aromatic rings. The standard InChI is InChI=1S/C19H24N4/c1-4-23-18-6-5-15(14-7-9-21-10-8-14)12-17(18)22-19(23)16(20)11-13(2)3/h5-10,12-13,16H,4,11,20H2,1-3H3/t16-/m1/s1. The van der Waals surface area contributed by atoms with Crippen molar-refractivity contribution in [1.29, 1.82) is 0 Å². The number of hydrogen-bond donors (Lipinski definition) is 1. The van der Waals surface area contributed by atoms with Crippen molar-refractivity contribution in [3.8, 4) is 11.1 Å². The molecule has 0 spiro atoms. The zero-order chi connectivity index (χ0) is 16.4. The number of hydrogen-bond acceptors (Lipinski definition) is 3. The van der Waals surface area contributed by atoms with Gasteiger partial charge in [0.05, 0.1) is 17.1 Å². The van der Waals surface area contributed by atoms with Crippen molar-refractivity contribution in [3.63, 3.8) is 0 Å². The maximum atomic E-state index is 6.39. The SMILES string of the molecule is CCn1c([C@H](N)CC(C)C)nc2cc(-c3ccncc3)ccc21. The van der Waals surface area contributed by atoms with Gasteiger partial charge in [0.1, 0.15) is 5.82 Å². The predicted octanol–water partition coefficient (Wildman–Crippen LogP) is 4.16. The summed E-state index contributed by atoms with van der Waals surface area (Å²) in [5.74, 6) is 1.55. The molecule has 2 N–H and O–H groups in total. The van der Waals surface area contributed by atoms with Gasteiger partial charge >= 0.3 is 0 Å². The van der Waals surface area contributed by atoms with E-state index < -0.39 is 0 Å². The Morgan fingerprint density at radius 3 is 2.48 bits per heavy atom. The van der Waals surface area contributed by atoms with Crippen LogP contribution in [0, 0.1) is 5.92 Å². The number of nitrogens with zero attached hydrogens (tertiary/aromatic N) is 3. The highest BCUT2D eigenvalue weighted by molar-refractivity contribution is 5.82. The van der Waals surface area contributed by atoms with Crippen molar-refractivity contribution in [2.45, 2.75) is 39.8 Å². The number of rotatable bonds is 5. The molecule has 0 amide bonds. The van der Waals surface area contributed by atoms with Gasteiger partial charge in [-0.1, -0.05) is 19.9 Å². The normalized spacial score (nSPS) is 12.9. The highest BCUT2D eigenvalue weighted by Crippen LogP contribution is 2.27. The first kappa shape index (κ1) is 15.7. The quantitative estimate of drug-likeness (QED) is 0.770. The smallest absolute Gasteiger partial charge is 0.126 e. The average Bonchev–Trinajstić information content (AvgIpc) is 2.92. The van der Waals surface area contributed by atoms with E-state index in [0.717, 1.165) is 41.0 Å². The second-order valence-electron chi connectivity index (χ2n) is 6.39. The fourth-order valence-corrected chi connectivity index (χ4v) is 3.10. The number of aryl methyl sites for hydroxylation is 1. The molecular formula is C19H24N4. The van der Waals surface area contributed by atoms with E-state index in [-0.39, 0.29) is 6.04 Å². The summed E-state index contributed by atoms with van der Waals surface area (Å²) >= 11 is 0. The van der Waals surface area contributed by atoms with E-state index >= 15 is 0 Å². The van der Waals surface area contributed by atoms with Crippen LogP contribution in [-0.2, 0) is 6.54 Å². The number of fused-ring (bicyclic) bond motifs is 1. The predicted molar refractivity (Wildman–Crippen MR) is 95.0 cm³/mol. The molecule has 0 saturated carbocycles. The molecule has 4 heteroatoms. The molecule has 1 aromatic carbocycles. The second-order valence-corrected chi connectivity index (χ2v) is 6.39. The van der Waals surface area contributed by atoms with Crippen molar-refractivity contribution in [3.05, 3.63) is 48.5 Å². The van der Waals surface area contributed by atoms with Gasteiger partial charge in [-0.05, 0) is 54.7 Å². The number of benzene rings is 1. The number of imidazole rings is 1. The van der Waals surface area contributed by atoms with Gasteiger partial charge < -0.3 is 10.3 Å². The van der Waals surface area contributed by atoms with Gasteiger partial charge in [-0.2, -0.15) is 0 Å². The van der Waals surface area contributed by atoms with E-state index in [1.807, 2.05) is 24.5 Å². The Balaban J connectivity index is 2.07. The van der Waals surface area contributed by atoms with E-state index in [1.54, 1.807) is 0 Å². The van der Waals surface area contributed by atoms with Crippen LogP contribution in [0.5, 0.6) is 0 Å². The lowest BCUT2D eigenvalue weighted by Crippen LogP contribution is -2.18. The van der Waals surface area contributed by atoms with Crippen LogP contribution in [0.15, 0.2) is 42.7 Å². The molecule has 0 fully saturated rings. The maximum Gasteiger partial charge on any atom is 0.126 e. The molecule has 1 atom stereocenters. The van der Waals surface area contributed by atoms with Crippen LogP contribution in [0.25, 0.3) is 22.2 Å². The van der Waals surface area contributed by atoms with Crippen LogP contribution in [0.1, 0.15) is 39.1 Å². The Kier molecular flexibility index (Phi) is 4.44. The van der Waals surface area contributed by atoms with Crippen LogP contribution >= 0.6 is 0 Å². The first-order chi connectivity index (χ1) is 11.1. The van der Waals surface area contributed by atoms with Gasteiger partial charge in [-0.25, -0.2) is 4.98 Å². The van der Waals surface area contributed by atoms with Crippen LogP contribution in [0.3, 0.4) is 0 Å². The Morgan fingerprint density at radius 1 is 1.09 bits per heavy atom. The van der Waals surface area contributed by atoms with Crippen LogP contribution in [0.4, 0.5) is 0 Å². The summed E-state index contributed by atoms with van der Waals surface area (Å²) in [6.07, 6.45) is 4.57. The number of nitrogens with two attached hydrogens (primary N) is 1. The molecule has 0 radical (unpaired) electrons. The molecule has 3 rings (SSSR count). The topological polar surface area (TPSA) is 56.7 Å². The Labute approximate surface area is 137 Å². The van der Waals surface area contributed by atoms with Crippen LogP contribution in [-0.4, -0.2) is 14.5 Å². The van der Waals surface area contributed by atoms with Gasteiger partial charge in [0.15, 0.2) is 0 Å². The average molecular weight is 308 g/mol. The Bertz CT molecular complexity index is 790. The zero-order valence-electron chi connectivity index (χ0n) is 14.0. The fraction of sp³-hybridized carbons (Fsp3) is 0.368. The summed E-state index contributed by atoms with van der Waals surface area (Å²) in [6, 6.07) is 10.4. The summed E-state index contributed by atoms with van der Waals surface area (Å²) in [4.78, 5) is 8.92. The monoisotopic (exact) mass is 308 g/mol. The molecule has 0 aliphatic heterocycles. The number of pyridine rings is 1. The van der Waals surface area contributed by atoms with Crippen LogP contribution < -0.4 is 5.73 Å². The van der Waals surface area contributed by atoms with Crippen molar-refractivity contribution in [2.24, 2.45) is 11.7 Å². The summed E-state index contributed by atoms with van der Waals surface area (Å²) in [5.41, 5.74) is 10.9. The molecule has 4 nitrogen and oxygen atoms in total. The largest absolute Gasteiger partial charge is 0.327 e. The zero-order valence-corrected chi connectivity index (χ0v) is 14.0. The van der Waals surface area contributed by atoms with E-state index in [9.17, 15) is 0 Å². The minimum Gasteiger partial charge on any atom is -0.327 e. The molecule has 0 bridgehead atoms. The molecule has 0 unspecified atom stereocenters. The number of aromatic nitrogens is 3. The van der Waals surface area contributed by atoms with Gasteiger partial charge in [0.25, 0.3) is 0 Å². The third-order valence-electron chi connectivity index (χ3n) is 4.16. The lowest BCUT2D eigenvalue weighted by atomic mass is 10.0. The molecule has 0 saturated heterocycles. The highest BCUT2D eigenvalue weighted by atomic mass is 15.1. The van der Waals surface area contributed by atoms with Crippen molar-refractivity contribution >= 4 is 11.0 Å². The summed E-state index contributed by atoms with van der Waals surface area (Å²) in [5, 5.41) is 0. The third kappa shape index (κ3) is 3.13. The first-order valence-corrected chi connectivity index (χ1v) is 8.26. The minimum atomic E-state index is -0.0216. The second kappa shape index (κ2) is 6.50. The molecule has 2 aromatic heterocycles. The van der Waals surface area contributed by atoms with Crippen LogP contribution in [0.2, 0.25) is 0 Å². The molecular weight excluding hydrogens is 284 g/mol. The molecule has 23 heavy (non-hydrogen) atoms. The van der Waals surface area contributed by atoms with Gasteiger partial charge in [0.2, 0.25) is 0 Å². The first-order valence-electron chi connectivity index (χ1n) is 8.26. The molecule has 0 aliphatic rings. The molecule has 2 heterocycles. The minimum absolute atomic E-state index is 0.0216. The Hall–Kier alpha value is -2.20. The van der Waals surface area contributed by atoms with E-state index in [2.05, 4.69) is 48.5 Å². The summed E-state index contributed by atoms with van der Waals surface area (Å²) in [7, 11) is 0. The highest BCUT2D eigenvalue weighted by Gasteiger charge is 2.17. The summed E-state index contributed by atoms with van der Waals surface area (Å²) in [6.45, 7) is 7.41. The van der Waals surface area contributed by atoms with Crippen molar-refractivity contribution in [2.75, 3.05) is 0 Å². The van der Waals surface area contributed by atoms with Gasteiger partial charge in [-0.15, -0.1) is 0 Å². The fourth-order valence-electron chi connectivity index (χ4n) is 3.10. The lowest BCUT2D eigenvalue weighted by molar-refractivity contribution is 0.479. The lowest BCUT2D eigenvalue weighted by Gasteiger charge is -2.15. The maximum absolute atomic E-state index is 6.39. The third-order valence-corrected chi connectivity index (χ3v) is 4.16. The van der Waals surface area contributed by atoms with Gasteiger partial charge in [0, 0.05) is 18.9 Å². The van der Waals surface area contributed by atoms with Crippen molar-refractivity contribution < 1.29 is 0 Å². The molecule has 120 valence electrons. The van der Waals surface area contributed by atoms with E-state index in [4.69, 9.17) is 10.7 Å². The van der Waals surface area contributed by atoms with E-state index in [0.29, 0.717) is 5.92 Å². The van der Waals surface area contributed by atoms with E-state index in [1.165, 1.54) is 0 Å². The van der Waals surface area contributed by atoms with Gasteiger partial charge in [-0.3, -0.25) is 4.98 Å². The summed E-state index contributed by atoms with van der Waals surface area (Å²) < 4.78 is 2.23. The Morgan fingerprint density at radius 2 is 1.83 bits per heavy atom. The molecule has 0 aliphatic carbocycles.